The lowest BCUT2D eigenvalue weighted by Crippen LogP contribution is -2.37. The van der Waals surface area contributed by atoms with Gasteiger partial charge in [-0.05, 0) is 11.1 Å². The maximum absolute atomic E-state index is 9.49. The van der Waals surface area contributed by atoms with Gasteiger partial charge in [-0.1, -0.05) is 60.7 Å². The van der Waals surface area contributed by atoms with E-state index in [0.29, 0.717) is 13.2 Å². The average Bonchev–Trinajstić information content (AvgIpc) is 2.59. The molecular weight excluding hydrogens is 280 g/mol. The van der Waals surface area contributed by atoms with E-state index >= 15 is 0 Å². The third-order valence-corrected chi connectivity index (χ3v) is 3.39. The highest BCUT2D eigenvalue weighted by Gasteiger charge is 2.22. The van der Waals surface area contributed by atoms with Crippen molar-refractivity contribution in [2.75, 3.05) is 13.2 Å². The monoisotopic (exact) mass is 302 g/mol. The van der Waals surface area contributed by atoms with E-state index in [-0.39, 0.29) is 13.2 Å². The van der Waals surface area contributed by atoms with Gasteiger partial charge in [-0.25, -0.2) is 0 Å². The van der Waals surface area contributed by atoms with Crippen LogP contribution in [0.5, 0.6) is 0 Å². The molecule has 2 atom stereocenters. The van der Waals surface area contributed by atoms with E-state index in [1.165, 1.54) is 0 Å². The summed E-state index contributed by atoms with van der Waals surface area (Å²) in [6, 6.07) is 19.4. The number of aliphatic hydroxyl groups excluding tert-OH is 2. The van der Waals surface area contributed by atoms with E-state index < -0.39 is 12.2 Å². The molecule has 2 rings (SSSR count). The van der Waals surface area contributed by atoms with Gasteiger partial charge in [0.05, 0.1) is 26.4 Å². The van der Waals surface area contributed by atoms with Crippen molar-refractivity contribution in [2.24, 2.45) is 0 Å². The highest BCUT2D eigenvalue weighted by atomic mass is 16.6. The van der Waals surface area contributed by atoms with Crippen LogP contribution in [0.1, 0.15) is 11.1 Å². The molecule has 0 bridgehead atoms. The van der Waals surface area contributed by atoms with E-state index in [4.69, 9.17) is 9.47 Å². The molecule has 118 valence electrons. The molecule has 0 radical (unpaired) electrons. The molecule has 0 heterocycles. The zero-order chi connectivity index (χ0) is 15.6. The Morgan fingerprint density at radius 3 is 1.32 bits per heavy atom. The Balaban J connectivity index is 1.86. The Labute approximate surface area is 130 Å². The van der Waals surface area contributed by atoms with Gasteiger partial charge >= 0.3 is 0 Å². The van der Waals surface area contributed by atoms with Crippen molar-refractivity contribution in [3.8, 4) is 0 Å². The molecule has 2 aromatic carbocycles. The van der Waals surface area contributed by atoms with Crippen molar-refractivity contribution in [1.29, 1.82) is 0 Å². The number of hydrogen-bond acceptors (Lipinski definition) is 4. The van der Waals surface area contributed by atoms with Crippen LogP contribution in [0.2, 0.25) is 0 Å². The van der Waals surface area contributed by atoms with E-state index in [1.807, 2.05) is 60.7 Å². The molecule has 0 aliphatic carbocycles. The summed E-state index contributed by atoms with van der Waals surface area (Å²) >= 11 is 0. The second kappa shape index (κ2) is 9.33. The normalized spacial score (nSPS) is 13.7. The van der Waals surface area contributed by atoms with Crippen molar-refractivity contribution < 1.29 is 19.7 Å². The number of hydrogen-bond donors (Lipinski definition) is 2. The molecule has 0 aliphatic rings. The van der Waals surface area contributed by atoms with Crippen LogP contribution in [-0.2, 0) is 22.7 Å². The van der Waals surface area contributed by atoms with Crippen molar-refractivity contribution in [2.45, 2.75) is 25.4 Å². The predicted octanol–water partition coefficient (Wildman–Crippen LogP) is 2.14. The summed E-state index contributed by atoms with van der Waals surface area (Å²) in [6.45, 7) is 0.341. The zero-order valence-corrected chi connectivity index (χ0v) is 12.5. The fourth-order valence-electron chi connectivity index (χ4n) is 2.11. The number of aliphatic hydroxyl groups is 2. The standard InChI is InChI=1S/C18H22O4/c19-11-17(21-13-15-7-3-1-4-8-15)18(12-20)22-14-16-9-5-2-6-10-16/h1-10,17-20H,11-14H2. The van der Waals surface area contributed by atoms with E-state index in [0.717, 1.165) is 11.1 Å². The second-order valence-electron chi connectivity index (χ2n) is 5.04. The first-order chi connectivity index (χ1) is 10.8. The van der Waals surface area contributed by atoms with E-state index in [1.54, 1.807) is 0 Å². The average molecular weight is 302 g/mol. The Bertz CT molecular complexity index is 466. The quantitative estimate of drug-likeness (QED) is 0.745. The highest BCUT2D eigenvalue weighted by Crippen LogP contribution is 2.11. The van der Waals surface area contributed by atoms with Crippen LogP contribution in [0.15, 0.2) is 60.7 Å². The third-order valence-electron chi connectivity index (χ3n) is 3.39. The van der Waals surface area contributed by atoms with Gasteiger partial charge in [0, 0.05) is 0 Å². The van der Waals surface area contributed by atoms with Gasteiger partial charge in [-0.2, -0.15) is 0 Å². The van der Waals surface area contributed by atoms with Crippen LogP contribution >= 0.6 is 0 Å². The fourth-order valence-corrected chi connectivity index (χ4v) is 2.11. The molecule has 4 nitrogen and oxygen atoms in total. The lowest BCUT2D eigenvalue weighted by Gasteiger charge is -2.24. The fraction of sp³-hybridized carbons (Fsp3) is 0.333. The molecule has 2 unspecified atom stereocenters. The Morgan fingerprint density at radius 1 is 0.636 bits per heavy atom. The first-order valence-corrected chi connectivity index (χ1v) is 7.36. The summed E-state index contributed by atoms with van der Waals surface area (Å²) in [5.74, 6) is 0. The smallest absolute Gasteiger partial charge is 0.109 e. The molecular formula is C18H22O4. The molecule has 0 aliphatic heterocycles. The van der Waals surface area contributed by atoms with Crippen LogP contribution in [0.25, 0.3) is 0 Å². The van der Waals surface area contributed by atoms with Gasteiger partial charge in [0.15, 0.2) is 0 Å². The van der Waals surface area contributed by atoms with Gasteiger partial charge in [0.25, 0.3) is 0 Å². The Kier molecular flexibility index (Phi) is 7.06. The summed E-state index contributed by atoms with van der Waals surface area (Å²) in [7, 11) is 0. The summed E-state index contributed by atoms with van der Waals surface area (Å²) in [6.07, 6.45) is -1.12. The van der Waals surface area contributed by atoms with Crippen LogP contribution in [-0.4, -0.2) is 35.6 Å². The Morgan fingerprint density at radius 2 is 1.00 bits per heavy atom. The molecule has 4 heteroatoms. The Hall–Kier alpha value is -1.72. The van der Waals surface area contributed by atoms with Crippen molar-refractivity contribution >= 4 is 0 Å². The largest absolute Gasteiger partial charge is 0.394 e. The van der Waals surface area contributed by atoms with Gasteiger partial charge in [-0.15, -0.1) is 0 Å². The van der Waals surface area contributed by atoms with Crippen LogP contribution in [0.4, 0.5) is 0 Å². The molecule has 0 fully saturated rings. The summed E-state index contributed by atoms with van der Waals surface area (Å²) in [5.41, 5.74) is 2.03. The van der Waals surface area contributed by atoms with Crippen molar-refractivity contribution in [3.05, 3.63) is 71.8 Å². The van der Waals surface area contributed by atoms with E-state index in [2.05, 4.69) is 0 Å². The molecule has 2 aromatic rings. The van der Waals surface area contributed by atoms with Gasteiger partial charge in [-0.3, -0.25) is 0 Å². The summed E-state index contributed by atoms with van der Waals surface area (Å²) in [5, 5.41) is 19.0. The van der Waals surface area contributed by atoms with Crippen LogP contribution in [0.3, 0.4) is 0 Å². The minimum atomic E-state index is -0.561. The first kappa shape index (κ1) is 16.6. The minimum Gasteiger partial charge on any atom is -0.394 e. The molecule has 0 amide bonds. The molecule has 0 aromatic heterocycles. The van der Waals surface area contributed by atoms with Crippen LogP contribution in [0, 0.1) is 0 Å². The van der Waals surface area contributed by atoms with E-state index in [9.17, 15) is 10.2 Å². The lowest BCUT2D eigenvalue weighted by atomic mass is 10.2. The number of rotatable bonds is 9. The molecule has 0 spiro atoms. The zero-order valence-electron chi connectivity index (χ0n) is 12.5. The van der Waals surface area contributed by atoms with Crippen LogP contribution < -0.4 is 0 Å². The van der Waals surface area contributed by atoms with Crippen molar-refractivity contribution in [3.63, 3.8) is 0 Å². The third kappa shape index (κ3) is 5.24. The molecule has 0 saturated carbocycles. The van der Waals surface area contributed by atoms with Gasteiger partial charge in [0.1, 0.15) is 12.2 Å². The topological polar surface area (TPSA) is 58.9 Å². The minimum absolute atomic E-state index is 0.202. The van der Waals surface area contributed by atoms with Gasteiger partial charge < -0.3 is 19.7 Å². The summed E-state index contributed by atoms with van der Waals surface area (Å²) < 4.78 is 11.4. The number of ether oxygens (including phenoxy) is 2. The maximum Gasteiger partial charge on any atom is 0.109 e. The number of benzene rings is 2. The lowest BCUT2D eigenvalue weighted by molar-refractivity contribution is -0.119. The van der Waals surface area contributed by atoms with Gasteiger partial charge in [0.2, 0.25) is 0 Å². The van der Waals surface area contributed by atoms with Crippen molar-refractivity contribution in [1.82, 2.24) is 0 Å². The molecule has 22 heavy (non-hydrogen) atoms. The summed E-state index contributed by atoms with van der Waals surface area (Å²) in [4.78, 5) is 0. The maximum atomic E-state index is 9.49. The predicted molar refractivity (Wildman–Crippen MR) is 84.2 cm³/mol. The molecule has 2 N–H and O–H groups in total. The first-order valence-electron chi connectivity index (χ1n) is 7.36. The highest BCUT2D eigenvalue weighted by molar-refractivity contribution is 5.14. The SMILES string of the molecule is OCC(OCc1ccccc1)C(CO)OCc1ccccc1. The second-order valence-corrected chi connectivity index (χ2v) is 5.04. The molecule has 0 saturated heterocycles.